The first-order valence-electron chi connectivity index (χ1n) is 6.92. The van der Waals surface area contributed by atoms with E-state index in [0.717, 1.165) is 25.7 Å². The summed E-state index contributed by atoms with van der Waals surface area (Å²) in [6.07, 6.45) is 8.36. The van der Waals surface area contributed by atoms with E-state index < -0.39 is 0 Å². The van der Waals surface area contributed by atoms with Gasteiger partial charge in [0.05, 0.1) is 0 Å². The van der Waals surface area contributed by atoms with Crippen LogP contribution in [0, 0.1) is 5.92 Å². The van der Waals surface area contributed by atoms with E-state index in [1.165, 1.54) is 0 Å². The van der Waals surface area contributed by atoms with Crippen LogP contribution in [0.25, 0.3) is 0 Å². The lowest BCUT2D eigenvalue weighted by molar-refractivity contribution is -0.138. The quantitative estimate of drug-likeness (QED) is 0.500. The Kier molecular flexibility index (Phi) is 8.92. The maximum atomic E-state index is 12.1. The predicted octanol–water partition coefficient (Wildman–Crippen LogP) is 2.31. The number of hydrogen-bond donors (Lipinski definition) is 0. The summed E-state index contributed by atoms with van der Waals surface area (Å²) in [6, 6.07) is 0. The summed E-state index contributed by atoms with van der Waals surface area (Å²) in [7, 11) is 6.95. The Morgan fingerprint density at radius 1 is 1.05 bits per heavy atom. The minimum Gasteiger partial charge on any atom is -0.349 e. The van der Waals surface area contributed by atoms with Gasteiger partial charge in [0.1, 0.15) is 0 Å². The smallest absolute Gasteiger partial charge is 0.225 e. The van der Waals surface area contributed by atoms with Crippen molar-refractivity contribution in [3.8, 4) is 0 Å². The number of nitrogens with zero attached hydrogens (tertiary/aromatic N) is 2. The number of carbonyl (C=O) groups excluding carboxylic acids is 2. The van der Waals surface area contributed by atoms with Crippen LogP contribution in [0.1, 0.15) is 39.0 Å². The normalized spacial score (nSPS) is 12.5. The first kappa shape index (κ1) is 17.7. The molecule has 0 aliphatic carbocycles. The molecule has 0 heterocycles. The van der Waals surface area contributed by atoms with Crippen molar-refractivity contribution < 1.29 is 9.59 Å². The molecule has 0 aromatic rings. The van der Waals surface area contributed by atoms with Gasteiger partial charge in [-0.15, -0.1) is 0 Å². The fraction of sp³-hybridized carbons (Fsp3) is 0.733. The summed E-state index contributed by atoms with van der Waals surface area (Å²) in [6.45, 7) is 2.01. The van der Waals surface area contributed by atoms with Gasteiger partial charge >= 0.3 is 0 Å². The maximum Gasteiger partial charge on any atom is 0.225 e. The Labute approximate surface area is 117 Å². The monoisotopic (exact) mass is 268 g/mol. The first-order chi connectivity index (χ1) is 8.90. The molecule has 0 rings (SSSR count). The van der Waals surface area contributed by atoms with Gasteiger partial charge in [-0.1, -0.05) is 18.6 Å². The summed E-state index contributed by atoms with van der Waals surface area (Å²) < 4.78 is 0. The Balaban J connectivity index is 4.34. The van der Waals surface area contributed by atoms with Gasteiger partial charge in [-0.2, -0.15) is 0 Å². The molecule has 0 saturated heterocycles. The summed E-state index contributed by atoms with van der Waals surface area (Å²) in [5.74, 6) is -0.106. The predicted molar refractivity (Wildman–Crippen MR) is 78.8 cm³/mol. The van der Waals surface area contributed by atoms with Crippen molar-refractivity contribution in [2.75, 3.05) is 28.2 Å². The van der Waals surface area contributed by atoms with Gasteiger partial charge in [0.2, 0.25) is 11.8 Å². The van der Waals surface area contributed by atoms with E-state index in [1.807, 2.05) is 13.0 Å². The van der Waals surface area contributed by atoms with E-state index in [-0.39, 0.29) is 17.7 Å². The molecule has 110 valence electrons. The van der Waals surface area contributed by atoms with Crippen molar-refractivity contribution in [2.24, 2.45) is 5.92 Å². The molecule has 0 saturated carbocycles. The SMILES string of the molecule is C/C=C/CCCCC(CC(=O)N(C)C)C(=O)N(C)C. The zero-order chi connectivity index (χ0) is 14.8. The van der Waals surface area contributed by atoms with Crippen LogP contribution in [-0.2, 0) is 9.59 Å². The second-order valence-corrected chi connectivity index (χ2v) is 5.28. The van der Waals surface area contributed by atoms with Crippen molar-refractivity contribution in [3.63, 3.8) is 0 Å². The number of carbonyl (C=O) groups is 2. The van der Waals surface area contributed by atoms with E-state index in [1.54, 1.807) is 38.0 Å². The molecule has 0 aliphatic rings. The average Bonchev–Trinajstić information content (AvgIpc) is 2.35. The number of unbranched alkanes of at least 4 members (excludes halogenated alkanes) is 2. The van der Waals surface area contributed by atoms with Crippen LogP contribution in [0.4, 0.5) is 0 Å². The molecule has 0 radical (unpaired) electrons. The number of allylic oxidation sites excluding steroid dienone is 2. The van der Waals surface area contributed by atoms with Crippen LogP contribution in [-0.4, -0.2) is 49.8 Å². The fourth-order valence-electron chi connectivity index (χ4n) is 1.89. The largest absolute Gasteiger partial charge is 0.349 e. The summed E-state index contributed by atoms with van der Waals surface area (Å²) in [5.41, 5.74) is 0. The Morgan fingerprint density at radius 2 is 1.68 bits per heavy atom. The highest BCUT2D eigenvalue weighted by molar-refractivity contribution is 5.85. The topological polar surface area (TPSA) is 40.6 Å². The number of rotatable bonds is 8. The molecule has 0 aromatic carbocycles. The molecule has 0 spiro atoms. The second kappa shape index (κ2) is 9.59. The van der Waals surface area contributed by atoms with Gasteiger partial charge in [0, 0.05) is 40.5 Å². The molecule has 19 heavy (non-hydrogen) atoms. The Morgan fingerprint density at radius 3 is 2.16 bits per heavy atom. The van der Waals surface area contributed by atoms with Crippen molar-refractivity contribution >= 4 is 11.8 Å². The van der Waals surface area contributed by atoms with Crippen molar-refractivity contribution in [2.45, 2.75) is 39.0 Å². The van der Waals surface area contributed by atoms with E-state index in [2.05, 4.69) is 6.08 Å². The summed E-state index contributed by atoms with van der Waals surface area (Å²) >= 11 is 0. The Bertz CT molecular complexity index is 309. The van der Waals surface area contributed by atoms with Gasteiger partial charge < -0.3 is 9.80 Å². The van der Waals surface area contributed by atoms with Crippen molar-refractivity contribution in [1.82, 2.24) is 9.80 Å². The number of amides is 2. The minimum atomic E-state index is -0.185. The molecular weight excluding hydrogens is 240 g/mol. The van der Waals surface area contributed by atoms with Crippen molar-refractivity contribution in [1.29, 1.82) is 0 Å². The van der Waals surface area contributed by atoms with E-state index in [4.69, 9.17) is 0 Å². The maximum absolute atomic E-state index is 12.1. The first-order valence-corrected chi connectivity index (χ1v) is 6.92. The third-order valence-electron chi connectivity index (χ3n) is 3.12. The van der Waals surface area contributed by atoms with Crippen LogP contribution in [0.2, 0.25) is 0 Å². The van der Waals surface area contributed by atoms with Crippen LogP contribution in [0.5, 0.6) is 0 Å². The summed E-state index contributed by atoms with van der Waals surface area (Å²) in [4.78, 5) is 27.0. The van der Waals surface area contributed by atoms with Gasteiger partial charge in [-0.05, 0) is 26.2 Å². The molecular formula is C15H28N2O2. The summed E-state index contributed by atoms with van der Waals surface area (Å²) in [5, 5.41) is 0. The highest BCUT2D eigenvalue weighted by Crippen LogP contribution is 2.17. The Hall–Kier alpha value is -1.32. The highest BCUT2D eigenvalue weighted by atomic mass is 16.2. The van der Waals surface area contributed by atoms with Crippen LogP contribution < -0.4 is 0 Å². The second-order valence-electron chi connectivity index (χ2n) is 5.28. The molecule has 1 atom stereocenters. The van der Waals surface area contributed by atoms with Gasteiger partial charge in [-0.3, -0.25) is 9.59 Å². The molecule has 4 heteroatoms. The number of hydrogen-bond acceptors (Lipinski definition) is 2. The molecule has 0 aliphatic heterocycles. The van der Waals surface area contributed by atoms with Gasteiger partial charge in [-0.25, -0.2) is 0 Å². The zero-order valence-electron chi connectivity index (χ0n) is 13.0. The third kappa shape index (κ3) is 7.65. The fourth-order valence-corrected chi connectivity index (χ4v) is 1.89. The lowest BCUT2D eigenvalue weighted by Gasteiger charge is -2.21. The van der Waals surface area contributed by atoms with E-state index in [0.29, 0.717) is 6.42 Å². The van der Waals surface area contributed by atoms with E-state index in [9.17, 15) is 9.59 Å². The average molecular weight is 268 g/mol. The zero-order valence-corrected chi connectivity index (χ0v) is 13.0. The van der Waals surface area contributed by atoms with Gasteiger partial charge in [0.15, 0.2) is 0 Å². The molecule has 2 amide bonds. The van der Waals surface area contributed by atoms with Crippen molar-refractivity contribution in [3.05, 3.63) is 12.2 Å². The minimum absolute atomic E-state index is 0.0219. The highest BCUT2D eigenvalue weighted by Gasteiger charge is 2.23. The van der Waals surface area contributed by atoms with Crippen LogP contribution >= 0.6 is 0 Å². The molecule has 0 aromatic heterocycles. The molecule has 0 fully saturated rings. The van der Waals surface area contributed by atoms with Gasteiger partial charge in [0.25, 0.3) is 0 Å². The van der Waals surface area contributed by atoms with Crippen LogP contribution in [0.15, 0.2) is 12.2 Å². The lowest BCUT2D eigenvalue weighted by Crippen LogP contribution is -2.34. The van der Waals surface area contributed by atoms with E-state index >= 15 is 0 Å². The molecule has 0 N–H and O–H groups in total. The lowest BCUT2D eigenvalue weighted by atomic mass is 9.95. The molecule has 0 bridgehead atoms. The standard InChI is InChI=1S/C15H28N2O2/c1-6-7-8-9-10-11-13(15(19)17(4)5)12-14(18)16(2)3/h6-7,13H,8-12H2,1-5H3/b7-6+. The molecule has 4 nitrogen and oxygen atoms in total. The molecule has 1 unspecified atom stereocenters. The third-order valence-corrected chi connectivity index (χ3v) is 3.12. The van der Waals surface area contributed by atoms with Crippen LogP contribution in [0.3, 0.4) is 0 Å².